The standard InChI is InChI=1S/C17H17N3O7S/c1-10-14(4-3-5-15(10)20(23)24)17(22)27-11(2)16(21)19-12-6-8-13(9-7-12)28(18,25)26/h3-9,11H,1-2H3,(H,19,21)(H2,18,25,26). The molecule has 0 heterocycles. The van der Waals surface area contributed by atoms with Crippen molar-refractivity contribution < 1.29 is 27.7 Å². The van der Waals surface area contributed by atoms with Crippen molar-refractivity contribution in [3.63, 3.8) is 0 Å². The van der Waals surface area contributed by atoms with E-state index < -0.39 is 32.9 Å². The molecule has 0 aromatic heterocycles. The zero-order valence-corrected chi connectivity index (χ0v) is 15.7. The van der Waals surface area contributed by atoms with Crippen molar-refractivity contribution in [3.8, 4) is 0 Å². The number of primary sulfonamides is 1. The van der Waals surface area contributed by atoms with E-state index in [4.69, 9.17) is 9.88 Å². The van der Waals surface area contributed by atoms with Crippen molar-refractivity contribution in [2.45, 2.75) is 24.8 Å². The van der Waals surface area contributed by atoms with Gasteiger partial charge >= 0.3 is 5.97 Å². The Kier molecular flexibility index (Phi) is 6.11. The number of hydrogen-bond acceptors (Lipinski definition) is 7. The van der Waals surface area contributed by atoms with Crippen molar-refractivity contribution in [2.24, 2.45) is 5.14 Å². The van der Waals surface area contributed by atoms with Gasteiger partial charge < -0.3 is 10.1 Å². The summed E-state index contributed by atoms with van der Waals surface area (Å²) >= 11 is 0. The predicted octanol–water partition coefficient (Wildman–Crippen LogP) is 1.73. The molecule has 0 aliphatic carbocycles. The van der Waals surface area contributed by atoms with Crippen LogP contribution in [0.2, 0.25) is 0 Å². The number of benzene rings is 2. The number of sulfonamides is 1. The van der Waals surface area contributed by atoms with Gasteiger partial charge in [0, 0.05) is 17.3 Å². The molecule has 0 aliphatic rings. The molecule has 2 aromatic carbocycles. The van der Waals surface area contributed by atoms with E-state index >= 15 is 0 Å². The molecule has 10 nitrogen and oxygen atoms in total. The van der Waals surface area contributed by atoms with Gasteiger partial charge in [-0.3, -0.25) is 14.9 Å². The minimum atomic E-state index is -3.85. The summed E-state index contributed by atoms with van der Waals surface area (Å²) in [6, 6.07) is 9.06. The van der Waals surface area contributed by atoms with Crippen molar-refractivity contribution in [2.75, 3.05) is 5.32 Å². The first-order chi connectivity index (χ1) is 13.0. The lowest BCUT2D eigenvalue weighted by Crippen LogP contribution is -2.30. The van der Waals surface area contributed by atoms with Crippen LogP contribution in [0.4, 0.5) is 11.4 Å². The number of carbonyl (C=O) groups is 2. The van der Waals surface area contributed by atoms with Gasteiger partial charge in [-0.05, 0) is 44.2 Å². The summed E-state index contributed by atoms with van der Waals surface area (Å²) < 4.78 is 27.5. The summed E-state index contributed by atoms with van der Waals surface area (Å²) in [5.74, 6) is -1.55. The number of ether oxygens (including phenoxy) is 1. The Labute approximate surface area is 160 Å². The molecular formula is C17H17N3O7S. The van der Waals surface area contributed by atoms with Gasteiger partial charge in [0.2, 0.25) is 10.0 Å². The Balaban J connectivity index is 2.07. The van der Waals surface area contributed by atoms with E-state index in [0.717, 1.165) is 0 Å². The number of carbonyl (C=O) groups excluding carboxylic acids is 2. The first-order valence-corrected chi connectivity index (χ1v) is 9.44. The number of nitrogens with one attached hydrogen (secondary N) is 1. The first-order valence-electron chi connectivity index (χ1n) is 7.89. The summed E-state index contributed by atoms with van der Waals surface area (Å²) in [6.07, 6.45) is -1.20. The van der Waals surface area contributed by atoms with E-state index in [1.807, 2.05) is 0 Å². The second-order valence-corrected chi connectivity index (χ2v) is 7.37. The van der Waals surface area contributed by atoms with Gasteiger partial charge in [0.1, 0.15) is 0 Å². The lowest BCUT2D eigenvalue weighted by atomic mass is 10.1. The molecule has 0 saturated carbocycles. The van der Waals surface area contributed by atoms with Crippen LogP contribution in [0.1, 0.15) is 22.8 Å². The number of esters is 1. The molecule has 148 valence electrons. The van der Waals surface area contributed by atoms with Crippen LogP contribution < -0.4 is 10.5 Å². The Hall–Kier alpha value is -3.31. The van der Waals surface area contributed by atoms with Crippen LogP contribution in [0.15, 0.2) is 47.4 Å². The minimum absolute atomic E-state index is 0.0219. The fourth-order valence-corrected chi connectivity index (χ4v) is 2.81. The molecule has 3 N–H and O–H groups in total. The smallest absolute Gasteiger partial charge is 0.339 e. The summed E-state index contributed by atoms with van der Waals surface area (Å²) in [7, 11) is -3.85. The third kappa shape index (κ3) is 4.90. The van der Waals surface area contributed by atoms with Crippen LogP contribution in [-0.2, 0) is 19.6 Å². The van der Waals surface area contributed by atoms with Crippen LogP contribution >= 0.6 is 0 Å². The zero-order valence-electron chi connectivity index (χ0n) is 14.9. The average Bonchev–Trinajstić information content (AvgIpc) is 2.61. The molecule has 0 bridgehead atoms. The second-order valence-electron chi connectivity index (χ2n) is 5.81. The minimum Gasteiger partial charge on any atom is -0.449 e. The SMILES string of the molecule is Cc1c(C(=O)OC(C)C(=O)Nc2ccc(S(N)(=O)=O)cc2)cccc1[N+](=O)[O-]. The summed E-state index contributed by atoms with van der Waals surface area (Å²) in [6.45, 7) is 2.74. The number of anilines is 1. The van der Waals surface area contributed by atoms with Crippen molar-refractivity contribution >= 4 is 33.3 Å². The van der Waals surface area contributed by atoms with E-state index in [2.05, 4.69) is 5.32 Å². The molecule has 2 aromatic rings. The third-order valence-corrected chi connectivity index (χ3v) is 4.75. The van der Waals surface area contributed by atoms with E-state index in [9.17, 15) is 28.1 Å². The number of nitrogens with zero attached hydrogens (tertiary/aromatic N) is 1. The molecule has 2 rings (SSSR count). The van der Waals surface area contributed by atoms with Gasteiger partial charge in [0.05, 0.1) is 15.4 Å². The van der Waals surface area contributed by atoms with Crippen LogP contribution in [0.5, 0.6) is 0 Å². The Morgan fingerprint density at radius 2 is 1.79 bits per heavy atom. The normalized spacial score (nSPS) is 12.1. The van der Waals surface area contributed by atoms with Gasteiger partial charge in [-0.2, -0.15) is 0 Å². The van der Waals surface area contributed by atoms with Crippen LogP contribution in [0.25, 0.3) is 0 Å². The highest BCUT2D eigenvalue weighted by Gasteiger charge is 2.23. The molecule has 0 aliphatic heterocycles. The largest absolute Gasteiger partial charge is 0.449 e. The second kappa shape index (κ2) is 8.15. The average molecular weight is 407 g/mol. The fraction of sp³-hybridized carbons (Fsp3) is 0.176. The third-order valence-electron chi connectivity index (χ3n) is 3.83. The summed E-state index contributed by atoms with van der Waals surface area (Å²) in [4.78, 5) is 34.7. The number of amides is 1. The number of nitro groups is 1. The Morgan fingerprint density at radius 1 is 1.18 bits per heavy atom. The number of rotatable bonds is 6. The van der Waals surface area contributed by atoms with E-state index in [1.165, 1.54) is 56.3 Å². The molecule has 1 unspecified atom stereocenters. The Bertz CT molecular complexity index is 1030. The lowest BCUT2D eigenvalue weighted by molar-refractivity contribution is -0.385. The van der Waals surface area contributed by atoms with E-state index in [-0.39, 0.29) is 27.4 Å². The molecular weight excluding hydrogens is 390 g/mol. The Morgan fingerprint density at radius 3 is 2.32 bits per heavy atom. The quantitative estimate of drug-likeness (QED) is 0.419. The fourth-order valence-electron chi connectivity index (χ4n) is 2.29. The van der Waals surface area contributed by atoms with Gasteiger partial charge in [-0.1, -0.05) is 6.07 Å². The maximum atomic E-state index is 12.3. The molecule has 1 atom stereocenters. The topological polar surface area (TPSA) is 159 Å². The summed E-state index contributed by atoms with van der Waals surface area (Å²) in [5.41, 5.74) is 0.142. The number of nitrogens with two attached hydrogens (primary N) is 1. The molecule has 11 heteroatoms. The van der Waals surface area contributed by atoms with Gasteiger partial charge in [0.15, 0.2) is 6.10 Å². The van der Waals surface area contributed by atoms with Gasteiger partial charge in [-0.15, -0.1) is 0 Å². The maximum Gasteiger partial charge on any atom is 0.339 e. The number of nitro benzene ring substituents is 1. The highest BCUT2D eigenvalue weighted by atomic mass is 32.2. The predicted molar refractivity (Wildman–Crippen MR) is 99.2 cm³/mol. The number of hydrogen-bond donors (Lipinski definition) is 2. The van der Waals surface area contributed by atoms with Crippen molar-refractivity contribution in [1.82, 2.24) is 0 Å². The molecule has 0 radical (unpaired) electrons. The van der Waals surface area contributed by atoms with Crippen LogP contribution in [0.3, 0.4) is 0 Å². The van der Waals surface area contributed by atoms with Gasteiger partial charge in [0.25, 0.3) is 11.6 Å². The first kappa shape index (κ1) is 21.0. The van der Waals surface area contributed by atoms with E-state index in [1.54, 1.807) is 0 Å². The molecule has 0 fully saturated rings. The molecule has 0 saturated heterocycles. The zero-order chi connectivity index (χ0) is 21.1. The summed E-state index contributed by atoms with van der Waals surface area (Å²) in [5, 5.41) is 18.4. The molecule has 0 spiro atoms. The molecule has 28 heavy (non-hydrogen) atoms. The van der Waals surface area contributed by atoms with Gasteiger partial charge in [-0.25, -0.2) is 18.4 Å². The van der Waals surface area contributed by atoms with Crippen LogP contribution in [-0.4, -0.2) is 31.3 Å². The van der Waals surface area contributed by atoms with Crippen molar-refractivity contribution in [1.29, 1.82) is 0 Å². The van der Waals surface area contributed by atoms with Crippen molar-refractivity contribution in [3.05, 3.63) is 63.7 Å². The maximum absolute atomic E-state index is 12.3. The molecule has 1 amide bonds. The lowest BCUT2D eigenvalue weighted by Gasteiger charge is -2.14. The van der Waals surface area contributed by atoms with Crippen LogP contribution in [0, 0.1) is 17.0 Å². The monoisotopic (exact) mass is 407 g/mol. The van der Waals surface area contributed by atoms with E-state index in [0.29, 0.717) is 0 Å². The highest BCUT2D eigenvalue weighted by molar-refractivity contribution is 7.89. The highest BCUT2D eigenvalue weighted by Crippen LogP contribution is 2.22.